The van der Waals surface area contributed by atoms with Crippen LogP contribution in [-0.2, 0) is 26.0 Å². The summed E-state index contributed by atoms with van der Waals surface area (Å²) in [5.41, 5.74) is 6.08. The first kappa shape index (κ1) is 23.4. The third kappa shape index (κ3) is 4.37. The Labute approximate surface area is 186 Å². The Kier molecular flexibility index (Phi) is 6.95. The Morgan fingerprint density at radius 3 is 2.31 bits per heavy atom. The minimum absolute atomic E-state index is 0.0198. The molecule has 3 N–H and O–H groups in total. The Morgan fingerprint density at radius 2 is 1.66 bits per heavy atom. The van der Waals surface area contributed by atoms with Gasteiger partial charge < -0.3 is 5.11 Å². The number of aryl methyl sites for hydroxylation is 1. The minimum atomic E-state index is -4.44. The van der Waals surface area contributed by atoms with E-state index in [1.165, 1.54) is 24.3 Å². The van der Waals surface area contributed by atoms with E-state index in [1.54, 1.807) is 18.2 Å². The summed E-state index contributed by atoms with van der Waals surface area (Å²) in [6, 6.07) is 11.9. The molecule has 0 saturated carbocycles. The minimum Gasteiger partial charge on any atom is -0.477 e. The number of hydrogen-bond donors (Lipinski definition) is 3. The maximum absolute atomic E-state index is 13.6. The molecular formula is C22H26N3O6S+. The molecule has 0 spiro atoms. The predicted molar refractivity (Wildman–Crippen MR) is 116 cm³/mol. The molecule has 1 heterocycles. The van der Waals surface area contributed by atoms with Gasteiger partial charge in [-0.3, -0.25) is 10.2 Å². The van der Waals surface area contributed by atoms with Gasteiger partial charge in [0.05, 0.1) is 6.42 Å². The third-order valence-electron chi connectivity index (χ3n) is 5.74. The Balaban J connectivity index is 1.90. The van der Waals surface area contributed by atoms with Gasteiger partial charge in [0.2, 0.25) is 11.9 Å². The van der Waals surface area contributed by atoms with Crippen LogP contribution in [0.5, 0.6) is 0 Å². The monoisotopic (exact) mass is 460 g/mol. The van der Waals surface area contributed by atoms with Crippen LogP contribution in [0.2, 0.25) is 0 Å². The number of carboxylic acid groups (broad SMARTS) is 1. The van der Waals surface area contributed by atoms with Gasteiger partial charge in [0.15, 0.2) is 0 Å². The second-order valence-electron chi connectivity index (χ2n) is 7.74. The number of carbonyl (C=O) groups excluding carboxylic acids is 2. The highest BCUT2D eigenvalue weighted by molar-refractivity contribution is 7.86. The highest BCUT2D eigenvalue weighted by Crippen LogP contribution is 2.35. The summed E-state index contributed by atoms with van der Waals surface area (Å²) < 4.78 is 25.8. The summed E-state index contributed by atoms with van der Waals surface area (Å²) in [5.74, 6) is -1.93. The molecular weight excluding hydrogens is 434 g/mol. The van der Waals surface area contributed by atoms with Gasteiger partial charge in [-0.15, -0.1) is 3.89 Å². The number of likely N-dealkylation sites (tertiary alicyclic amines) is 1. The van der Waals surface area contributed by atoms with Crippen LogP contribution in [0.3, 0.4) is 0 Å². The summed E-state index contributed by atoms with van der Waals surface area (Å²) in [4.78, 5) is 37.5. The summed E-state index contributed by atoms with van der Waals surface area (Å²) in [6.07, 6.45) is 0.821. The lowest BCUT2D eigenvalue weighted by Crippen LogP contribution is -2.70. The lowest BCUT2D eigenvalue weighted by molar-refractivity contribution is -0.749. The lowest BCUT2D eigenvalue weighted by Gasteiger charge is -2.40. The first-order chi connectivity index (χ1) is 15.2. The molecule has 170 valence electrons. The molecule has 0 bridgehead atoms. The molecule has 3 rings (SSSR count). The lowest BCUT2D eigenvalue weighted by atomic mass is 10.0. The number of nitrogens with zero attached hydrogens (tertiary/aromatic N) is 1. The maximum atomic E-state index is 13.6. The van der Waals surface area contributed by atoms with Crippen molar-refractivity contribution < 1.29 is 31.8 Å². The fraction of sp³-hybridized carbons (Fsp3) is 0.318. The summed E-state index contributed by atoms with van der Waals surface area (Å²) in [5, 5.41) is 9.79. The quantitative estimate of drug-likeness (QED) is 0.463. The van der Waals surface area contributed by atoms with Crippen molar-refractivity contribution in [2.45, 2.75) is 43.5 Å². The van der Waals surface area contributed by atoms with Gasteiger partial charge in [-0.2, -0.15) is 8.42 Å². The van der Waals surface area contributed by atoms with Gasteiger partial charge in [-0.1, -0.05) is 42.5 Å². The molecule has 0 radical (unpaired) electrons. The molecule has 1 aliphatic rings. The van der Waals surface area contributed by atoms with Crippen molar-refractivity contribution >= 4 is 27.9 Å². The first-order valence-corrected chi connectivity index (χ1v) is 11.7. The zero-order valence-electron chi connectivity index (χ0n) is 17.7. The number of nitrogens with one attached hydrogen (secondary N) is 2. The third-order valence-corrected chi connectivity index (χ3v) is 8.07. The number of quaternary nitrogens is 1. The van der Waals surface area contributed by atoms with Crippen LogP contribution in [0.25, 0.3) is 0 Å². The predicted octanol–water partition coefficient (Wildman–Crippen LogP) is 2.12. The molecule has 1 saturated heterocycles. The van der Waals surface area contributed by atoms with E-state index in [4.69, 9.17) is 0 Å². The van der Waals surface area contributed by atoms with Gasteiger partial charge >= 0.3 is 22.0 Å². The molecule has 0 aliphatic carbocycles. The molecule has 3 amide bonds. The van der Waals surface area contributed by atoms with Crippen LogP contribution < -0.4 is 10.9 Å². The zero-order valence-corrected chi connectivity index (χ0v) is 18.5. The van der Waals surface area contributed by atoms with Crippen LogP contribution in [0.1, 0.15) is 30.4 Å². The highest BCUT2D eigenvalue weighted by Gasteiger charge is 2.60. The highest BCUT2D eigenvalue weighted by atomic mass is 32.2. The Bertz CT molecular complexity index is 1120. The fourth-order valence-electron chi connectivity index (χ4n) is 4.01. The maximum Gasteiger partial charge on any atom is 0.451 e. The van der Waals surface area contributed by atoms with E-state index in [0.717, 1.165) is 11.1 Å². The van der Waals surface area contributed by atoms with Crippen molar-refractivity contribution in [1.82, 2.24) is 10.9 Å². The summed E-state index contributed by atoms with van der Waals surface area (Å²) >= 11 is 0. The number of carboxylic acids is 1. The number of benzene rings is 2. The number of piperidine rings is 1. The summed E-state index contributed by atoms with van der Waals surface area (Å²) in [7, 11) is -4.44. The topological polar surface area (TPSA) is 130 Å². The van der Waals surface area contributed by atoms with E-state index in [-0.39, 0.29) is 24.3 Å². The molecule has 0 unspecified atom stereocenters. The number of rotatable bonds is 5. The van der Waals surface area contributed by atoms with E-state index in [9.17, 15) is 27.9 Å². The van der Waals surface area contributed by atoms with Crippen molar-refractivity contribution in [3.63, 3.8) is 0 Å². The van der Waals surface area contributed by atoms with Crippen molar-refractivity contribution in [1.29, 1.82) is 0 Å². The first-order valence-electron chi connectivity index (χ1n) is 10.2. The largest absolute Gasteiger partial charge is 0.477 e. The van der Waals surface area contributed by atoms with E-state index in [1.807, 2.05) is 19.1 Å². The second-order valence-corrected chi connectivity index (χ2v) is 9.81. The van der Waals surface area contributed by atoms with Gasteiger partial charge in [-0.05, 0) is 43.0 Å². The van der Waals surface area contributed by atoms with Gasteiger partial charge in [0.1, 0.15) is 11.4 Å². The molecule has 2 aromatic rings. The van der Waals surface area contributed by atoms with Crippen molar-refractivity contribution in [2.24, 2.45) is 0 Å². The van der Waals surface area contributed by atoms with Gasteiger partial charge in [0, 0.05) is 6.42 Å². The smallest absolute Gasteiger partial charge is 0.451 e. The van der Waals surface area contributed by atoms with Crippen LogP contribution in [0.4, 0.5) is 4.79 Å². The standard InChI is InChI=1S/C22H25N3O6S/c1-16-9-5-6-10-17(16)15-20(26)23-24-22(29)25(14-8-7-13-19(25)21(27)28)32(30,31)18-11-3-2-4-12-18/h2-6,9-12,19H,7-8,13-15H2,1H3,(H2-,23,24,26,27,28,29)/p+1/t19-,25-/m0/s1. The fourth-order valence-corrected chi connectivity index (χ4v) is 6.06. The van der Waals surface area contributed by atoms with Crippen LogP contribution >= 0.6 is 0 Å². The number of hydrogen-bond acceptors (Lipinski definition) is 5. The van der Waals surface area contributed by atoms with Crippen molar-refractivity contribution in [2.75, 3.05) is 6.54 Å². The van der Waals surface area contributed by atoms with Crippen LogP contribution in [0, 0.1) is 6.92 Å². The molecule has 32 heavy (non-hydrogen) atoms. The molecule has 9 nitrogen and oxygen atoms in total. The number of hydrazine groups is 1. The molecule has 1 fully saturated rings. The molecule has 10 heteroatoms. The average Bonchev–Trinajstić information content (AvgIpc) is 2.79. The van der Waals surface area contributed by atoms with E-state index in [0.29, 0.717) is 12.8 Å². The molecule has 1 aliphatic heterocycles. The SMILES string of the molecule is Cc1ccccc1CC(=O)NNC(=O)[N@+]1(S(=O)(=O)c2ccccc2)CCCC[C@H]1C(=O)O. The normalized spacial score (nSPS) is 20.8. The molecule has 2 aromatic carbocycles. The van der Waals surface area contributed by atoms with E-state index < -0.39 is 37.9 Å². The number of sulfonamides is 1. The summed E-state index contributed by atoms with van der Waals surface area (Å²) in [6.45, 7) is 1.63. The van der Waals surface area contributed by atoms with Crippen molar-refractivity contribution in [3.05, 3.63) is 65.7 Å². The van der Waals surface area contributed by atoms with Gasteiger partial charge in [-0.25, -0.2) is 15.0 Å². The molecule has 2 atom stereocenters. The average molecular weight is 461 g/mol. The Hall–Kier alpha value is -3.24. The van der Waals surface area contributed by atoms with E-state index in [2.05, 4.69) is 10.9 Å². The Morgan fingerprint density at radius 1 is 1.00 bits per heavy atom. The zero-order chi connectivity index (χ0) is 23.4. The van der Waals surface area contributed by atoms with Crippen LogP contribution in [-0.4, -0.2) is 47.9 Å². The van der Waals surface area contributed by atoms with Crippen LogP contribution in [0.15, 0.2) is 59.5 Å². The van der Waals surface area contributed by atoms with Gasteiger partial charge in [0.25, 0.3) is 0 Å². The second kappa shape index (κ2) is 9.49. The molecule has 0 aromatic heterocycles. The number of aliphatic carboxylic acids is 1. The number of carbonyl (C=O) groups is 3. The van der Waals surface area contributed by atoms with Crippen molar-refractivity contribution in [3.8, 4) is 0 Å². The number of urea groups is 1. The number of amides is 3. The van der Waals surface area contributed by atoms with E-state index >= 15 is 0 Å².